The summed E-state index contributed by atoms with van der Waals surface area (Å²) in [5.41, 5.74) is 7.76. The predicted molar refractivity (Wildman–Crippen MR) is 90.4 cm³/mol. The van der Waals surface area contributed by atoms with Gasteiger partial charge in [0.25, 0.3) is 0 Å². The van der Waals surface area contributed by atoms with Crippen LogP contribution in [0.5, 0.6) is 0 Å². The number of hydrogen-bond acceptors (Lipinski definition) is 2. The molecule has 1 aromatic rings. The number of hydrogen-bond donors (Lipinski definition) is 2. The molecular formula is C18H30N2O. The van der Waals surface area contributed by atoms with Gasteiger partial charge in [0.1, 0.15) is 0 Å². The predicted octanol–water partition coefficient (Wildman–Crippen LogP) is 4.12. The van der Waals surface area contributed by atoms with Gasteiger partial charge in [0.15, 0.2) is 0 Å². The molecule has 0 fully saturated rings. The first-order valence-corrected chi connectivity index (χ1v) is 8.24. The van der Waals surface area contributed by atoms with E-state index < -0.39 is 0 Å². The summed E-state index contributed by atoms with van der Waals surface area (Å²) in [7, 11) is 0. The average molecular weight is 290 g/mol. The van der Waals surface area contributed by atoms with E-state index in [1.807, 2.05) is 12.1 Å². The fourth-order valence-electron chi connectivity index (χ4n) is 2.36. The van der Waals surface area contributed by atoms with Gasteiger partial charge in [-0.1, -0.05) is 38.8 Å². The van der Waals surface area contributed by atoms with Gasteiger partial charge in [-0.05, 0) is 55.8 Å². The quantitative estimate of drug-likeness (QED) is 0.637. The van der Waals surface area contributed by atoms with E-state index in [2.05, 4.69) is 31.3 Å². The summed E-state index contributed by atoms with van der Waals surface area (Å²) in [4.78, 5) is 11.9. The largest absolute Gasteiger partial charge is 0.330 e. The Hall–Kier alpha value is -1.35. The molecule has 0 aliphatic heterocycles. The SMILES string of the molecule is CCCCCc1ccc(NC(=O)CCC(C)CCN)cc1. The number of nitrogens with one attached hydrogen (secondary N) is 1. The van der Waals surface area contributed by atoms with Crippen LogP contribution in [-0.4, -0.2) is 12.5 Å². The Morgan fingerprint density at radius 3 is 2.52 bits per heavy atom. The molecule has 0 spiro atoms. The van der Waals surface area contributed by atoms with E-state index in [1.54, 1.807) is 0 Å². The number of carbonyl (C=O) groups excluding carboxylic acids is 1. The molecule has 1 aromatic carbocycles. The zero-order chi connectivity index (χ0) is 15.5. The fraction of sp³-hybridized carbons (Fsp3) is 0.611. The highest BCUT2D eigenvalue weighted by Crippen LogP contribution is 2.14. The zero-order valence-corrected chi connectivity index (χ0v) is 13.5. The van der Waals surface area contributed by atoms with Crippen molar-refractivity contribution < 1.29 is 4.79 Å². The third-order valence-electron chi connectivity index (χ3n) is 3.83. The minimum Gasteiger partial charge on any atom is -0.330 e. The lowest BCUT2D eigenvalue weighted by atomic mass is 10.0. The van der Waals surface area contributed by atoms with Crippen molar-refractivity contribution in [3.63, 3.8) is 0 Å². The fourth-order valence-corrected chi connectivity index (χ4v) is 2.36. The molecule has 0 aromatic heterocycles. The number of amides is 1. The Bertz CT molecular complexity index is 400. The van der Waals surface area contributed by atoms with Crippen molar-refractivity contribution in [3.05, 3.63) is 29.8 Å². The van der Waals surface area contributed by atoms with Crippen LogP contribution in [0.4, 0.5) is 5.69 Å². The number of anilines is 1. The Kier molecular flexibility index (Phi) is 8.76. The van der Waals surface area contributed by atoms with Gasteiger partial charge in [-0.25, -0.2) is 0 Å². The topological polar surface area (TPSA) is 55.1 Å². The van der Waals surface area contributed by atoms with Crippen LogP contribution >= 0.6 is 0 Å². The summed E-state index contributed by atoms with van der Waals surface area (Å²) in [6.07, 6.45) is 7.34. The molecule has 1 atom stereocenters. The van der Waals surface area contributed by atoms with E-state index in [1.165, 1.54) is 24.8 Å². The average Bonchev–Trinajstić information content (AvgIpc) is 2.48. The number of nitrogens with two attached hydrogens (primary N) is 1. The zero-order valence-electron chi connectivity index (χ0n) is 13.5. The molecule has 0 aliphatic carbocycles. The van der Waals surface area contributed by atoms with Crippen LogP contribution in [0.3, 0.4) is 0 Å². The molecular weight excluding hydrogens is 260 g/mol. The van der Waals surface area contributed by atoms with E-state index >= 15 is 0 Å². The summed E-state index contributed by atoms with van der Waals surface area (Å²) in [6.45, 7) is 5.06. The van der Waals surface area contributed by atoms with Gasteiger partial charge in [0, 0.05) is 12.1 Å². The highest BCUT2D eigenvalue weighted by atomic mass is 16.1. The minimum absolute atomic E-state index is 0.0950. The second kappa shape index (κ2) is 10.4. The Morgan fingerprint density at radius 2 is 1.90 bits per heavy atom. The van der Waals surface area contributed by atoms with Crippen molar-refractivity contribution in [3.8, 4) is 0 Å². The lowest BCUT2D eigenvalue weighted by Gasteiger charge is -2.10. The molecule has 0 saturated heterocycles. The standard InChI is InChI=1S/C18H30N2O/c1-3-4-5-6-16-8-10-17(11-9-16)20-18(21)12-7-15(2)13-14-19/h8-11,15H,3-7,12-14,19H2,1-2H3,(H,20,21). The maximum absolute atomic E-state index is 11.9. The Balaban J connectivity index is 2.32. The summed E-state index contributed by atoms with van der Waals surface area (Å²) < 4.78 is 0. The lowest BCUT2D eigenvalue weighted by molar-refractivity contribution is -0.116. The number of aryl methyl sites for hydroxylation is 1. The van der Waals surface area contributed by atoms with Gasteiger partial charge in [-0.2, -0.15) is 0 Å². The van der Waals surface area contributed by atoms with Crippen LogP contribution < -0.4 is 11.1 Å². The molecule has 3 N–H and O–H groups in total. The third kappa shape index (κ3) is 7.86. The van der Waals surface area contributed by atoms with Crippen molar-refractivity contribution in [1.82, 2.24) is 0 Å². The second-order valence-corrected chi connectivity index (χ2v) is 5.92. The number of unbranched alkanes of at least 4 members (excludes halogenated alkanes) is 2. The van der Waals surface area contributed by atoms with Gasteiger partial charge in [0.05, 0.1) is 0 Å². The molecule has 1 unspecified atom stereocenters. The first-order valence-electron chi connectivity index (χ1n) is 8.24. The third-order valence-corrected chi connectivity index (χ3v) is 3.83. The van der Waals surface area contributed by atoms with Crippen LogP contribution in [0.15, 0.2) is 24.3 Å². The molecule has 3 heteroatoms. The molecule has 118 valence electrons. The normalized spacial score (nSPS) is 12.1. The van der Waals surface area contributed by atoms with Gasteiger partial charge >= 0.3 is 0 Å². The highest BCUT2D eigenvalue weighted by molar-refractivity contribution is 5.90. The van der Waals surface area contributed by atoms with Crippen LogP contribution in [0.1, 0.15) is 57.9 Å². The molecule has 21 heavy (non-hydrogen) atoms. The Morgan fingerprint density at radius 1 is 1.19 bits per heavy atom. The van der Waals surface area contributed by atoms with Crippen molar-refractivity contribution >= 4 is 11.6 Å². The number of rotatable bonds is 10. The van der Waals surface area contributed by atoms with E-state index in [0.29, 0.717) is 18.9 Å². The maximum Gasteiger partial charge on any atom is 0.224 e. The van der Waals surface area contributed by atoms with Crippen LogP contribution in [0.25, 0.3) is 0 Å². The van der Waals surface area contributed by atoms with Crippen LogP contribution in [0.2, 0.25) is 0 Å². The van der Waals surface area contributed by atoms with E-state index in [4.69, 9.17) is 5.73 Å². The van der Waals surface area contributed by atoms with Crippen molar-refractivity contribution in [2.45, 2.75) is 58.8 Å². The molecule has 0 saturated carbocycles. The molecule has 0 bridgehead atoms. The summed E-state index contributed by atoms with van der Waals surface area (Å²) in [6, 6.07) is 8.23. The van der Waals surface area contributed by atoms with Gasteiger partial charge in [-0.15, -0.1) is 0 Å². The molecule has 1 rings (SSSR count). The van der Waals surface area contributed by atoms with Crippen molar-refractivity contribution in [2.24, 2.45) is 11.7 Å². The number of benzene rings is 1. The lowest BCUT2D eigenvalue weighted by Crippen LogP contribution is -2.14. The van der Waals surface area contributed by atoms with Gasteiger partial charge < -0.3 is 11.1 Å². The first-order chi connectivity index (χ1) is 10.2. The molecule has 0 heterocycles. The molecule has 1 amide bonds. The van der Waals surface area contributed by atoms with Crippen molar-refractivity contribution in [2.75, 3.05) is 11.9 Å². The smallest absolute Gasteiger partial charge is 0.224 e. The summed E-state index contributed by atoms with van der Waals surface area (Å²) in [5, 5.41) is 2.96. The van der Waals surface area contributed by atoms with E-state index in [0.717, 1.165) is 24.9 Å². The highest BCUT2D eigenvalue weighted by Gasteiger charge is 2.06. The van der Waals surface area contributed by atoms with E-state index in [9.17, 15) is 4.79 Å². The van der Waals surface area contributed by atoms with Crippen molar-refractivity contribution in [1.29, 1.82) is 0 Å². The summed E-state index contributed by atoms with van der Waals surface area (Å²) >= 11 is 0. The van der Waals surface area contributed by atoms with Gasteiger partial charge in [-0.3, -0.25) is 4.79 Å². The minimum atomic E-state index is 0.0950. The van der Waals surface area contributed by atoms with Crippen LogP contribution in [-0.2, 0) is 11.2 Å². The summed E-state index contributed by atoms with van der Waals surface area (Å²) in [5.74, 6) is 0.610. The number of carbonyl (C=O) groups is 1. The first kappa shape index (κ1) is 17.7. The molecule has 0 radical (unpaired) electrons. The van der Waals surface area contributed by atoms with Gasteiger partial charge in [0.2, 0.25) is 5.91 Å². The van der Waals surface area contributed by atoms with E-state index in [-0.39, 0.29) is 5.91 Å². The monoisotopic (exact) mass is 290 g/mol. The van der Waals surface area contributed by atoms with Crippen LogP contribution in [0, 0.1) is 5.92 Å². The second-order valence-electron chi connectivity index (χ2n) is 5.92. The molecule has 3 nitrogen and oxygen atoms in total. The Labute approximate surface area is 129 Å². The molecule has 0 aliphatic rings. The maximum atomic E-state index is 11.9.